The highest BCUT2D eigenvalue weighted by Gasteiger charge is 2.22. The van der Waals surface area contributed by atoms with Crippen molar-refractivity contribution in [3.05, 3.63) is 24.2 Å². The summed E-state index contributed by atoms with van der Waals surface area (Å²) in [5, 5.41) is 0. The molecule has 110 valence electrons. The Kier molecular flexibility index (Phi) is 4.82. The predicted molar refractivity (Wildman–Crippen MR) is 76.7 cm³/mol. The summed E-state index contributed by atoms with van der Waals surface area (Å²) in [6, 6.07) is 3.69. The number of rotatable bonds is 2. The first-order valence-electron chi connectivity index (χ1n) is 7.14. The monoisotopic (exact) mass is 278 g/mol. The average molecular weight is 278 g/mol. The number of nitrogens with zero attached hydrogens (tertiary/aromatic N) is 2. The van der Waals surface area contributed by atoms with Crippen LogP contribution in [0.4, 0.5) is 0 Å². The maximum atomic E-state index is 12.0. The average Bonchev–Trinajstić information content (AvgIpc) is 2.92. The molecule has 0 atom stereocenters. The molecule has 1 aliphatic heterocycles. The smallest absolute Gasteiger partial charge is 0.317 e. The minimum absolute atomic E-state index is 0.0162. The number of piperidine rings is 1. The van der Waals surface area contributed by atoms with Gasteiger partial charge in [-0.15, -0.1) is 0 Å². The summed E-state index contributed by atoms with van der Waals surface area (Å²) in [5.41, 5.74) is 0. The molecule has 0 saturated carbocycles. The summed E-state index contributed by atoms with van der Waals surface area (Å²) in [7, 11) is 0. The Hall–Kier alpha value is -1.78. The van der Waals surface area contributed by atoms with E-state index in [0.717, 1.165) is 25.9 Å². The van der Waals surface area contributed by atoms with Crippen LogP contribution in [-0.2, 0) is 4.74 Å². The minimum atomic E-state index is -0.399. The molecule has 5 nitrogen and oxygen atoms in total. The summed E-state index contributed by atoms with van der Waals surface area (Å²) >= 11 is 0. The van der Waals surface area contributed by atoms with E-state index in [0.29, 0.717) is 11.9 Å². The fourth-order valence-electron chi connectivity index (χ4n) is 2.12. The number of hydrogen-bond donors (Lipinski definition) is 0. The van der Waals surface area contributed by atoms with Gasteiger partial charge in [0.05, 0.1) is 12.4 Å². The molecule has 5 heteroatoms. The van der Waals surface area contributed by atoms with Gasteiger partial charge in [0.15, 0.2) is 5.76 Å². The Morgan fingerprint density at radius 1 is 1.45 bits per heavy atom. The molecule has 0 spiro atoms. The van der Waals surface area contributed by atoms with Crippen molar-refractivity contribution >= 4 is 11.9 Å². The van der Waals surface area contributed by atoms with Gasteiger partial charge in [-0.2, -0.15) is 4.99 Å². The highest BCUT2D eigenvalue weighted by atomic mass is 16.5. The lowest BCUT2D eigenvalue weighted by Gasteiger charge is -2.32. The second kappa shape index (κ2) is 6.59. The van der Waals surface area contributed by atoms with Crippen LogP contribution in [0.15, 0.2) is 27.8 Å². The third-order valence-electron chi connectivity index (χ3n) is 3.32. The second-order valence-electron chi connectivity index (χ2n) is 5.51. The van der Waals surface area contributed by atoms with Crippen molar-refractivity contribution in [3.8, 4) is 0 Å². The number of furan rings is 1. The van der Waals surface area contributed by atoms with Gasteiger partial charge in [0.1, 0.15) is 0 Å². The van der Waals surface area contributed by atoms with E-state index in [1.807, 2.05) is 18.7 Å². The summed E-state index contributed by atoms with van der Waals surface area (Å²) in [4.78, 5) is 18.2. The second-order valence-corrected chi connectivity index (χ2v) is 5.51. The standard InChI is InChI=1S/C15H22N2O3/c1-11(2)20-15(17-8-6-12(3)7-9-17)16-14(18)13-5-4-10-19-13/h4-5,10-12H,6-9H2,1-3H3. The maximum Gasteiger partial charge on any atom is 0.317 e. The molecule has 2 rings (SSSR count). The SMILES string of the molecule is CC1CCN(C(=NC(=O)c2ccco2)OC(C)C)CC1. The van der Waals surface area contributed by atoms with Gasteiger partial charge < -0.3 is 14.1 Å². The van der Waals surface area contributed by atoms with E-state index in [4.69, 9.17) is 9.15 Å². The molecule has 2 heterocycles. The molecule has 1 amide bonds. The summed E-state index contributed by atoms with van der Waals surface area (Å²) in [5.74, 6) is 0.553. The van der Waals surface area contributed by atoms with Crippen molar-refractivity contribution in [2.24, 2.45) is 10.9 Å². The zero-order valence-corrected chi connectivity index (χ0v) is 12.3. The first kappa shape index (κ1) is 14.6. The van der Waals surface area contributed by atoms with Crippen LogP contribution in [0.2, 0.25) is 0 Å². The molecule has 0 aromatic carbocycles. The molecule has 20 heavy (non-hydrogen) atoms. The number of amidine groups is 1. The Balaban J connectivity index is 2.12. The lowest BCUT2D eigenvalue weighted by molar-refractivity contribution is 0.0958. The molecule has 1 aromatic rings. The van der Waals surface area contributed by atoms with Crippen LogP contribution in [0, 0.1) is 5.92 Å². The predicted octanol–water partition coefficient (Wildman–Crippen LogP) is 2.93. The van der Waals surface area contributed by atoms with Crippen molar-refractivity contribution in [2.75, 3.05) is 13.1 Å². The van der Waals surface area contributed by atoms with Gasteiger partial charge in [0.2, 0.25) is 0 Å². The Bertz CT molecular complexity index is 457. The van der Waals surface area contributed by atoms with Gasteiger partial charge in [0.25, 0.3) is 6.02 Å². The number of carbonyl (C=O) groups excluding carboxylic acids is 1. The zero-order chi connectivity index (χ0) is 14.5. The van der Waals surface area contributed by atoms with Crippen LogP contribution in [0.25, 0.3) is 0 Å². The fourth-order valence-corrected chi connectivity index (χ4v) is 2.12. The number of likely N-dealkylation sites (tertiary alicyclic amines) is 1. The van der Waals surface area contributed by atoms with Crippen molar-refractivity contribution in [2.45, 2.75) is 39.7 Å². The van der Waals surface area contributed by atoms with E-state index in [1.54, 1.807) is 12.1 Å². The maximum absolute atomic E-state index is 12.0. The van der Waals surface area contributed by atoms with Crippen LogP contribution >= 0.6 is 0 Å². The number of amides is 1. The Morgan fingerprint density at radius 3 is 2.70 bits per heavy atom. The first-order valence-corrected chi connectivity index (χ1v) is 7.14. The quantitative estimate of drug-likeness (QED) is 0.616. The van der Waals surface area contributed by atoms with E-state index < -0.39 is 5.91 Å². The topological polar surface area (TPSA) is 55.0 Å². The van der Waals surface area contributed by atoms with Crippen LogP contribution < -0.4 is 0 Å². The summed E-state index contributed by atoms with van der Waals surface area (Å²) in [6.45, 7) is 7.85. The van der Waals surface area contributed by atoms with Crippen molar-refractivity contribution in [1.82, 2.24) is 4.90 Å². The van der Waals surface area contributed by atoms with Crippen LogP contribution in [0.5, 0.6) is 0 Å². The third kappa shape index (κ3) is 3.85. The Labute approximate surface area is 119 Å². The molecular weight excluding hydrogens is 256 g/mol. The molecule has 0 bridgehead atoms. The van der Waals surface area contributed by atoms with E-state index >= 15 is 0 Å². The lowest BCUT2D eigenvalue weighted by Crippen LogP contribution is -2.40. The molecule has 0 radical (unpaired) electrons. The van der Waals surface area contributed by atoms with Crippen molar-refractivity contribution in [1.29, 1.82) is 0 Å². The van der Waals surface area contributed by atoms with Gasteiger partial charge in [-0.05, 0) is 44.7 Å². The van der Waals surface area contributed by atoms with Crippen LogP contribution in [-0.4, -0.2) is 36.0 Å². The molecule has 1 aliphatic rings. The number of hydrogen-bond acceptors (Lipinski definition) is 3. The van der Waals surface area contributed by atoms with Gasteiger partial charge in [0, 0.05) is 13.1 Å². The Morgan fingerprint density at radius 2 is 2.15 bits per heavy atom. The van der Waals surface area contributed by atoms with E-state index in [-0.39, 0.29) is 11.9 Å². The van der Waals surface area contributed by atoms with Gasteiger partial charge in [-0.3, -0.25) is 4.79 Å². The number of carbonyl (C=O) groups is 1. The lowest BCUT2D eigenvalue weighted by atomic mass is 10.00. The van der Waals surface area contributed by atoms with Gasteiger partial charge >= 0.3 is 5.91 Å². The van der Waals surface area contributed by atoms with E-state index in [1.165, 1.54) is 6.26 Å². The van der Waals surface area contributed by atoms with Crippen molar-refractivity contribution in [3.63, 3.8) is 0 Å². The number of ether oxygens (including phenoxy) is 1. The molecule has 1 aromatic heterocycles. The summed E-state index contributed by atoms with van der Waals surface area (Å²) in [6.07, 6.45) is 3.64. The van der Waals surface area contributed by atoms with E-state index in [2.05, 4.69) is 11.9 Å². The van der Waals surface area contributed by atoms with Crippen molar-refractivity contribution < 1.29 is 13.9 Å². The first-order chi connectivity index (χ1) is 9.56. The molecule has 1 saturated heterocycles. The molecule has 1 fully saturated rings. The summed E-state index contributed by atoms with van der Waals surface area (Å²) < 4.78 is 10.8. The van der Waals surface area contributed by atoms with Crippen LogP contribution in [0.1, 0.15) is 44.2 Å². The molecule has 0 unspecified atom stereocenters. The fraction of sp³-hybridized carbons (Fsp3) is 0.600. The zero-order valence-electron chi connectivity index (χ0n) is 12.3. The van der Waals surface area contributed by atoms with E-state index in [9.17, 15) is 4.79 Å². The molecular formula is C15H22N2O3. The van der Waals surface area contributed by atoms with Gasteiger partial charge in [-0.25, -0.2) is 0 Å². The van der Waals surface area contributed by atoms with Gasteiger partial charge in [-0.1, -0.05) is 6.92 Å². The molecule has 0 N–H and O–H groups in total. The molecule has 0 aliphatic carbocycles. The third-order valence-corrected chi connectivity index (χ3v) is 3.32. The largest absolute Gasteiger partial charge is 0.462 e. The highest BCUT2D eigenvalue weighted by molar-refractivity contribution is 5.99. The number of aliphatic imine (C=N–C) groups is 1. The highest BCUT2D eigenvalue weighted by Crippen LogP contribution is 2.17. The minimum Gasteiger partial charge on any atom is -0.462 e. The normalized spacial score (nSPS) is 17.6. The van der Waals surface area contributed by atoms with Crippen LogP contribution in [0.3, 0.4) is 0 Å².